The SMILES string of the molecule is COCCOc1ccc(-c2cnc(NC(C)=O)cc2Nc2cc(OC(C)C)cc(S(C)(=O)=O)n2)nc1. The van der Waals surface area contributed by atoms with Crippen LogP contribution in [0.5, 0.6) is 11.5 Å². The van der Waals surface area contributed by atoms with Gasteiger partial charge in [0, 0.05) is 50.2 Å². The molecule has 0 aliphatic carbocycles. The Hall–Kier alpha value is -3.77. The molecule has 3 rings (SSSR count). The summed E-state index contributed by atoms with van der Waals surface area (Å²) in [6.07, 6.45) is 4.02. The number of aromatic nitrogens is 3. The van der Waals surface area contributed by atoms with E-state index in [1.165, 1.54) is 13.0 Å². The number of carbonyl (C=O) groups excluding carboxylic acids is 1. The molecule has 0 aromatic carbocycles. The quantitative estimate of drug-likeness (QED) is 0.365. The van der Waals surface area contributed by atoms with Gasteiger partial charge in [0.05, 0.1) is 30.3 Å². The van der Waals surface area contributed by atoms with Gasteiger partial charge in [-0.05, 0) is 26.0 Å². The molecule has 36 heavy (non-hydrogen) atoms. The smallest absolute Gasteiger partial charge is 0.222 e. The first-order valence-electron chi connectivity index (χ1n) is 11.1. The third-order valence-corrected chi connectivity index (χ3v) is 5.54. The second-order valence-electron chi connectivity index (χ2n) is 8.11. The maximum atomic E-state index is 12.2. The Morgan fingerprint density at radius 3 is 2.42 bits per heavy atom. The van der Waals surface area contributed by atoms with Crippen LogP contribution in [-0.4, -0.2) is 62.0 Å². The Bertz CT molecular complexity index is 1310. The van der Waals surface area contributed by atoms with Crippen molar-refractivity contribution in [1.29, 1.82) is 0 Å². The van der Waals surface area contributed by atoms with Gasteiger partial charge in [0.2, 0.25) is 5.91 Å². The number of hydrogen-bond acceptors (Lipinski definition) is 10. The summed E-state index contributed by atoms with van der Waals surface area (Å²) in [4.78, 5) is 24.6. The summed E-state index contributed by atoms with van der Waals surface area (Å²) in [7, 11) is -2.02. The molecule has 0 atom stereocenters. The minimum absolute atomic E-state index is 0.142. The van der Waals surface area contributed by atoms with Crippen LogP contribution in [0, 0.1) is 0 Å². The van der Waals surface area contributed by atoms with Gasteiger partial charge >= 0.3 is 0 Å². The molecule has 3 aromatic heterocycles. The highest BCUT2D eigenvalue weighted by Crippen LogP contribution is 2.32. The van der Waals surface area contributed by atoms with E-state index in [1.807, 2.05) is 13.8 Å². The summed E-state index contributed by atoms with van der Waals surface area (Å²) in [5, 5.41) is 5.63. The standard InChI is InChI=1S/C24H29N5O6S/c1-15(2)35-18-10-23(29-24(11-18)36(5,31)32)28-21-12-22(27-16(3)30)26-14-19(21)20-7-6-17(13-25-20)34-9-8-33-4/h6-7,10-15H,8-9H2,1-5H3,(H2,26,27,28,29,30). The summed E-state index contributed by atoms with van der Waals surface area (Å²) in [6, 6.07) is 8.10. The zero-order valence-corrected chi connectivity index (χ0v) is 21.5. The average molecular weight is 516 g/mol. The van der Waals surface area contributed by atoms with Gasteiger partial charge in [-0.15, -0.1) is 0 Å². The molecule has 0 saturated heterocycles. The van der Waals surface area contributed by atoms with Gasteiger partial charge < -0.3 is 24.8 Å². The lowest BCUT2D eigenvalue weighted by atomic mass is 10.1. The van der Waals surface area contributed by atoms with Crippen molar-refractivity contribution in [2.75, 3.05) is 37.2 Å². The van der Waals surface area contributed by atoms with Crippen molar-refractivity contribution < 1.29 is 27.4 Å². The fraction of sp³-hybridized carbons (Fsp3) is 0.333. The second kappa shape index (κ2) is 11.8. The Labute approximate surface area is 210 Å². The molecule has 0 aliphatic heterocycles. The highest BCUT2D eigenvalue weighted by molar-refractivity contribution is 7.90. The fourth-order valence-electron chi connectivity index (χ4n) is 3.09. The van der Waals surface area contributed by atoms with Gasteiger partial charge in [0.1, 0.15) is 29.7 Å². The summed E-state index contributed by atoms with van der Waals surface area (Å²) < 4.78 is 40.7. The topological polar surface area (TPSA) is 142 Å². The summed E-state index contributed by atoms with van der Waals surface area (Å²) in [5.41, 5.74) is 1.64. The van der Waals surface area contributed by atoms with Gasteiger partial charge in [-0.2, -0.15) is 0 Å². The van der Waals surface area contributed by atoms with Crippen LogP contribution in [0.15, 0.2) is 47.8 Å². The monoisotopic (exact) mass is 515 g/mol. The molecule has 0 radical (unpaired) electrons. The van der Waals surface area contributed by atoms with Crippen LogP contribution < -0.4 is 20.1 Å². The van der Waals surface area contributed by atoms with Crippen LogP contribution in [0.3, 0.4) is 0 Å². The minimum Gasteiger partial charge on any atom is -0.491 e. The normalized spacial score (nSPS) is 11.3. The summed E-state index contributed by atoms with van der Waals surface area (Å²) >= 11 is 0. The first-order chi connectivity index (χ1) is 17.0. The number of carbonyl (C=O) groups is 1. The third-order valence-electron chi connectivity index (χ3n) is 4.57. The maximum Gasteiger partial charge on any atom is 0.222 e. The zero-order chi connectivity index (χ0) is 26.3. The largest absolute Gasteiger partial charge is 0.491 e. The van der Waals surface area contributed by atoms with E-state index in [2.05, 4.69) is 25.6 Å². The molecular formula is C24H29N5O6S. The molecule has 3 heterocycles. The summed E-state index contributed by atoms with van der Waals surface area (Å²) in [6.45, 7) is 5.89. The van der Waals surface area contributed by atoms with Crippen LogP contribution in [-0.2, 0) is 19.4 Å². The second-order valence-corrected chi connectivity index (χ2v) is 10.1. The number of nitrogens with zero attached hydrogens (tertiary/aromatic N) is 3. The fourth-order valence-corrected chi connectivity index (χ4v) is 3.69. The van der Waals surface area contributed by atoms with Crippen molar-refractivity contribution in [2.45, 2.75) is 31.9 Å². The highest BCUT2D eigenvalue weighted by atomic mass is 32.2. The third kappa shape index (κ3) is 7.62. The lowest BCUT2D eigenvalue weighted by molar-refractivity contribution is -0.114. The molecule has 0 unspecified atom stereocenters. The van der Waals surface area contributed by atoms with Gasteiger partial charge in [0.25, 0.3) is 0 Å². The predicted octanol–water partition coefficient (Wildman–Crippen LogP) is 3.46. The molecule has 0 bridgehead atoms. The molecule has 12 heteroatoms. The Morgan fingerprint density at radius 2 is 1.81 bits per heavy atom. The molecule has 0 spiro atoms. The first kappa shape index (κ1) is 26.8. The lowest BCUT2D eigenvalue weighted by Gasteiger charge is -2.16. The zero-order valence-electron chi connectivity index (χ0n) is 20.7. The van der Waals surface area contributed by atoms with Crippen molar-refractivity contribution in [3.8, 4) is 22.8 Å². The number of sulfone groups is 1. The molecule has 3 aromatic rings. The minimum atomic E-state index is -3.61. The van der Waals surface area contributed by atoms with E-state index < -0.39 is 9.84 Å². The van der Waals surface area contributed by atoms with Gasteiger partial charge in [-0.1, -0.05) is 0 Å². The van der Waals surface area contributed by atoms with E-state index in [-0.39, 0.29) is 22.9 Å². The molecule has 0 saturated carbocycles. The molecule has 192 valence electrons. The Kier molecular flexibility index (Phi) is 8.78. The number of amides is 1. The summed E-state index contributed by atoms with van der Waals surface area (Å²) in [5.74, 6) is 1.16. The van der Waals surface area contributed by atoms with E-state index in [0.29, 0.717) is 47.5 Å². The molecule has 2 N–H and O–H groups in total. The Morgan fingerprint density at radius 1 is 1.03 bits per heavy atom. The number of rotatable bonds is 11. The molecule has 1 amide bonds. The van der Waals surface area contributed by atoms with Crippen molar-refractivity contribution in [3.63, 3.8) is 0 Å². The van der Waals surface area contributed by atoms with E-state index in [0.717, 1.165) is 6.26 Å². The number of methoxy groups -OCH3 is 1. The maximum absolute atomic E-state index is 12.2. The number of hydrogen-bond donors (Lipinski definition) is 2. The first-order valence-corrected chi connectivity index (χ1v) is 13.0. The van der Waals surface area contributed by atoms with Gasteiger partial charge in [-0.25, -0.2) is 18.4 Å². The number of ether oxygens (including phenoxy) is 3. The van der Waals surface area contributed by atoms with Crippen LogP contribution in [0.4, 0.5) is 17.3 Å². The van der Waals surface area contributed by atoms with Crippen molar-refractivity contribution in [2.24, 2.45) is 0 Å². The number of nitrogens with one attached hydrogen (secondary N) is 2. The molecule has 11 nitrogen and oxygen atoms in total. The van der Waals surface area contributed by atoms with Crippen LogP contribution >= 0.6 is 0 Å². The van der Waals surface area contributed by atoms with E-state index in [9.17, 15) is 13.2 Å². The number of anilines is 3. The predicted molar refractivity (Wildman–Crippen MR) is 136 cm³/mol. The van der Waals surface area contributed by atoms with Crippen LogP contribution in [0.2, 0.25) is 0 Å². The average Bonchev–Trinajstić information content (AvgIpc) is 2.78. The van der Waals surface area contributed by atoms with Crippen molar-refractivity contribution >= 4 is 33.1 Å². The Balaban J connectivity index is 2.02. The molecule has 0 aliphatic rings. The van der Waals surface area contributed by atoms with Crippen molar-refractivity contribution in [3.05, 3.63) is 42.7 Å². The van der Waals surface area contributed by atoms with E-state index in [4.69, 9.17) is 14.2 Å². The molecular weight excluding hydrogens is 486 g/mol. The van der Waals surface area contributed by atoms with E-state index >= 15 is 0 Å². The van der Waals surface area contributed by atoms with Crippen LogP contribution in [0.25, 0.3) is 11.3 Å². The van der Waals surface area contributed by atoms with E-state index in [1.54, 1.807) is 43.8 Å². The highest BCUT2D eigenvalue weighted by Gasteiger charge is 2.16. The molecule has 0 fully saturated rings. The number of pyridine rings is 3. The lowest BCUT2D eigenvalue weighted by Crippen LogP contribution is -2.10. The van der Waals surface area contributed by atoms with Gasteiger partial charge in [-0.3, -0.25) is 9.78 Å². The van der Waals surface area contributed by atoms with Crippen molar-refractivity contribution in [1.82, 2.24) is 15.0 Å². The van der Waals surface area contributed by atoms with Crippen LogP contribution in [0.1, 0.15) is 20.8 Å². The van der Waals surface area contributed by atoms with Gasteiger partial charge in [0.15, 0.2) is 14.9 Å².